The van der Waals surface area contributed by atoms with Crippen LogP contribution >= 0.6 is 23.6 Å². The van der Waals surface area contributed by atoms with Gasteiger partial charge in [-0.3, -0.25) is 14.8 Å². The van der Waals surface area contributed by atoms with E-state index in [-0.39, 0.29) is 11.6 Å². The Morgan fingerprint density at radius 1 is 1.21 bits per heavy atom. The highest BCUT2D eigenvalue weighted by atomic mass is 32.1. The Bertz CT molecular complexity index is 1400. The fourth-order valence-electron chi connectivity index (χ4n) is 4.45. The first-order chi connectivity index (χ1) is 16.6. The van der Waals surface area contributed by atoms with E-state index in [0.717, 1.165) is 23.2 Å². The molecule has 170 valence electrons. The molecule has 0 amide bonds. The lowest BCUT2D eigenvalue weighted by Gasteiger charge is -2.38. The summed E-state index contributed by atoms with van der Waals surface area (Å²) in [5.74, 6) is 0.489. The monoisotopic (exact) mass is 487 g/mol. The molecule has 0 spiro atoms. The van der Waals surface area contributed by atoms with E-state index in [0.29, 0.717) is 45.4 Å². The van der Waals surface area contributed by atoms with E-state index in [9.17, 15) is 10.1 Å². The minimum Gasteiger partial charge on any atom is -0.489 e. The summed E-state index contributed by atoms with van der Waals surface area (Å²) in [6.45, 7) is 0.457. The van der Waals surface area contributed by atoms with Gasteiger partial charge in [0.15, 0.2) is 9.74 Å². The zero-order valence-electron chi connectivity index (χ0n) is 18.2. The Labute approximate surface area is 205 Å². The lowest BCUT2D eigenvalue weighted by atomic mass is 9.76. The number of benzene rings is 2. The number of allylic oxidation sites excluding steroid dienone is 3. The van der Waals surface area contributed by atoms with Gasteiger partial charge in [-0.05, 0) is 48.3 Å². The lowest BCUT2D eigenvalue weighted by molar-refractivity contribution is -0.116. The van der Waals surface area contributed by atoms with Crippen molar-refractivity contribution >= 4 is 34.5 Å². The van der Waals surface area contributed by atoms with Gasteiger partial charge >= 0.3 is 0 Å². The van der Waals surface area contributed by atoms with Gasteiger partial charge in [0.2, 0.25) is 5.13 Å². The smallest absolute Gasteiger partial charge is 0.216 e. The molecule has 1 aliphatic carbocycles. The average Bonchev–Trinajstić information content (AvgIpc) is 3.28. The highest BCUT2D eigenvalue weighted by molar-refractivity contribution is 7.73. The van der Waals surface area contributed by atoms with Crippen LogP contribution in [0.3, 0.4) is 0 Å². The standard InChI is InChI=1S/C25H21N5O2S2/c26-13-18-21(16-9-11-17(12-10-16)32-14-15-5-2-1-3-6-15)22-19(7-4-8-20(22)31)30(23(18)27)24-28-29-25(33)34-24/h1-3,5-6,9-12,21H,4,7-8,14,27H2,(H,29,33). The van der Waals surface area contributed by atoms with Crippen molar-refractivity contribution in [2.75, 3.05) is 4.90 Å². The summed E-state index contributed by atoms with van der Waals surface area (Å²) >= 11 is 6.45. The first-order valence-electron chi connectivity index (χ1n) is 10.8. The van der Waals surface area contributed by atoms with Crippen LogP contribution in [-0.2, 0) is 11.4 Å². The first-order valence-corrected chi connectivity index (χ1v) is 12.1. The summed E-state index contributed by atoms with van der Waals surface area (Å²) in [5, 5.41) is 17.6. The molecule has 9 heteroatoms. The number of aromatic nitrogens is 2. The summed E-state index contributed by atoms with van der Waals surface area (Å²) in [5.41, 5.74) is 10.2. The fraction of sp³-hybridized carbons (Fsp3) is 0.200. The molecule has 2 aromatic carbocycles. The van der Waals surface area contributed by atoms with Gasteiger partial charge in [0.1, 0.15) is 18.2 Å². The number of ketones is 1. The van der Waals surface area contributed by atoms with Crippen LogP contribution in [0.15, 0.2) is 77.3 Å². The molecule has 2 heterocycles. The molecule has 0 saturated carbocycles. The van der Waals surface area contributed by atoms with Crippen LogP contribution in [0.4, 0.5) is 5.13 Å². The number of carbonyl (C=O) groups is 1. The van der Waals surface area contributed by atoms with Crippen molar-refractivity contribution < 1.29 is 9.53 Å². The third-order valence-corrected chi connectivity index (χ3v) is 7.07. The predicted molar refractivity (Wildman–Crippen MR) is 132 cm³/mol. The van der Waals surface area contributed by atoms with E-state index in [4.69, 9.17) is 22.7 Å². The maximum atomic E-state index is 13.2. The zero-order valence-corrected chi connectivity index (χ0v) is 19.8. The van der Waals surface area contributed by atoms with E-state index in [1.54, 1.807) is 4.90 Å². The number of carbonyl (C=O) groups excluding carboxylic acids is 1. The lowest BCUT2D eigenvalue weighted by Crippen LogP contribution is -2.38. The summed E-state index contributed by atoms with van der Waals surface area (Å²) in [6.07, 6.45) is 1.83. The molecule has 7 nitrogen and oxygen atoms in total. The number of nitrogens with two attached hydrogens (primary N) is 1. The van der Waals surface area contributed by atoms with Crippen molar-refractivity contribution in [3.63, 3.8) is 0 Å². The van der Waals surface area contributed by atoms with Crippen LogP contribution in [-0.4, -0.2) is 16.0 Å². The Hall–Kier alpha value is -3.74. The largest absolute Gasteiger partial charge is 0.489 e. The summed E-state index contributed by atoms with van der Waals surface area (Å²) in [6, 6.07) is 19.7. The number of nitrogens with one attached hydrogen (secondary N) is 1. The molecule has 1 aliphatic heterocycles. The van der Waals surface area contributed by atoms with Gasteiger partial charge in [-0.2, -0.15) is 5.26 Å². The summed E-state index contributed by atoms with van der Waals surface area (Å²) < 4.78 is 6.40. The van der Waals surface area contributed by atoms with Crippen LogP contribution in [0.2, 0.25) is 0 Å². The van der Waals surface area contributed by atoms with Gasteiger partial charge in [0.25, 0.3) is 0 Å². The molecule has 2 aliphatic rings. The zero-order chi connectivity index (χ0) is 23.7. The number of nitriles is 1. The topological polar surface area (TPSA) is 108 Å². The van der Waals surface area contributed by atoms with Crippen LogP contribution in [0, 0.1) is 15.3 Å². The Kier molecular flexibility index (Phi) is 6.01. The molecule has 0 saturated heterocycles. The van der Waals surface area contributed by atoms with Gasteiger partial charge < -0.3 is 10.5 Å². The number of rotatable bonds is 5. The normalized spacial score (nSPS) is 18.0. The molecular formula is C25H21N5O2S2. The molecular weight excluding hydrogens is 466 g/mol. The minimum absolute atomic E-state index is 0.0278. The molecule has 3 aromatic rings. The van der Waals surface area contributed by atoms with Crippen LogP contribution in [0.1, 0.15) is 36.3 Å². The van der Waals surface area contributed by atoms with Crippen LogP contribution < -0.4 is 15.4 Å². The number of hydrogen-bond acceptors (Lipinski definition) is 8. The van der Waals surface area contributed by atoms with E-state index >= 15 is 0 Å². The molecule has 0 bridgehead atoms. The number of nitrogens with zero attached hydrogens (tertiary/aromatic N) is 3. The number of aromatic amines is 1. The number of H-pyrrole nitrogens is 1. The highest BCUT2D eigenvalue weighted by Gasteiger charge is 2.41. The molecule has 1 aromatic heterocycles. The number of hydrogen-bond donors (Lipinski definition) is 2. The third kappa shape index (κ3) is 4.02. The number of anilines is 1. The fourth-order valence-corrected chi connectivity index (χ4v) is 5.37. The maximum absolute atomic E-state index is 13.2. The molecule has 1 atom stereocenters. The Morgan fingerprint density at radius 2 is 1.97 bits per heavy atom. The summed E-state index contributed by atoms with van der Waals surface area (Å²) in [7, 11) is 0. The predicted octanol–water partition coefficient (Wildman–Crippen LogP) is 5.08. The van der Waals surface area contributed by atoms with Gasteiger partial charge in [-0.25, -0.2) is 0 Å². The second-order valence-corrected chi connectivity index (χ2v) is 9.70. The number of ether oxygens (including phenoxy) is 1. The molecule has 0 radical (unpaired) electrons. The van der Waals surface area contributed by atoms with Crippen molar-refractivity contribution in [3.8, 4) is 11.8 Å². The first kappa shape index (κ1) is 22.1. The van der Waals surface area contributed by atoms with Gasteiger partial charge in [-0.1, -0.05) is 53.8 Å². The van der Waals surface area contributed by atoms with E-state index in [1.165, 1.54) is 11.3 Å². The SMILES string of the molecule is N#CC1=C(N)N(c2n[nH]c(=S)s2)C2=C(C(=O)CCC2)C1c1ccc(OCc2ccccc2)cc1. The van der Waals surface area contributed by atoms with E-state index in [2.05, 4.69) is 16.3 Å². The van der Waals surface area contributed by atoms with Crippen LogP contribution in [0.25, 0.3) is 0 Å². The maximum Gasteiger partial charge on any atom is 0.216 e. The third-order valence-electron chi connectivity index (χ3n) is 5.99. The van der Waals surface area contributed by atoms with Crippen molar-refractivity contribution in [2.45, 2.75) is 31.8 Å². The second-order valence-electron chi connectivity index (χ2n) is 8.06. The molecule has 3 N–H and O–H groups in total. The van der Waals surface area contributed by atoms with Gasteiger partial charge in [0, 0.05) is 17.7 Å². The highest BCUT2D eigenvalue weighted by Crippen LogP contribution is 2.46. The van der Waals surface area contributed by atoms with Crippen LogP contribution in [0.5, 0.6) is 5.75 Å². The van der Waals surface area contributed by atoms with Crippen molar-refractivity contribution in [2.24, 2.45) is 5.73 Å². The summed E-state index contributed by atoms with van der Waals surface area (Å²) in [4.78, 5) is 14.9. The quantitative estimate of drug-likeness (QED) is 0.483. The molecule has 34 heavy (non-hydrogen) atoms. The van der Waals surface area contributed by atoms with Gasteiger partial charge in [0.05, 0.1) is 17.6 Å². The number of Topliss-reactive ketones (excluding diaryl/α,β-unsaturated/α-hetero) is 1. The second kappa shape index (κ2) is 9.25. The average molecular weight is 488 g/mol. The Balaban J connectivity index is 1.52. The van der Waals surface area contributed by atoms with E-state index < -0.39 is 5.92 Å². The molecule has 5 rings (SSSR count). The van der Waals surface area contributed by atoms with Gasteiger partial charge in [-0.15, -0.1) is 5.10 Å². The van der Waals surface area contributed by atoms with Crippen molar-refractivity contribution in [1.82, 2.24) is 10.2 Å². The van der Waals surface area contributed by atoms with Crippen molar-refractivity contribution in [3.05, 3.63) is 92.3 Å². The van der Waals surface area contributed by atoms with Crippen molar-refractivity contribution in [1.29, 1.82) is 5.26 Å². The Morgan fingerprint density at radius 3 is 2.65 bits per heavy atom. The molecule has 1 unspecified atom stereocenters. The van der Waals surface area contributed by atoms with E-state index in [1.807, 2.05) is 54.6 Å². The molecule has 0 fully saturated rings. The minimum atomic E-state index is -0.529.